The summed E-state index contributed by atoms with van der Waals surface area (Å²) in [5, 5.41) is 5.00. The molecule has 8 heteroatoms. The third-order valence-electron chi connectivity index (χ3n) is 4.18. The minimum Gasteiger partial charge on any atom is -0.356 e. The van der Waals surface area contributed by atoms with Crippen molar-refractivity contribution in [2.75, 3.05) is 28.6 Å². The lowest BCUT2D eigenvalue weighted by molar-refractivity contribution is 0.262. The maximum absolute atomic E-state index is 13.2. The minimum atomic E-state index is -1.03. The van der Waals surface area contributed by atoms with Crippen LogP contribution in [0.15, 0.2) is 30.6 Å². The first kappa shape index (κ1) is 17.1. The fraction of sp³-hybridized carbons (Fsp3) is 0.353. The summed E-state index contributed by atoms with van der Waals surface area (Å²) >= 11 is 0. The van der Waals surface area contributed by atoms with E-state index in [1.165, 1.54) is 12.4 Å². The van der Waals surface area contributed by atoms with Crippen molar-refractivity contribution in [1.29, 1.82) is 0 Å². The number of amides is 2. The predicted octanol–water partition coefficient (Wildman–Crippen LogP) is 3.64. The molecule has 1 aliphatic heterocycles. The number of piperidine rings is 1. The molecule has 0 saturated carbocycles. The number of aromatic nitrogens is 2. The Balaban J connectivity index is 1.63. The van der Waals surface area contributed by atoms with Gasteiger partial charge in [-0.3, -0.25) is 5.32 Å². The van der Waals surface area contributed by atoms with Gasteiger partial charge in [0.2, 0.25) is 0 Å². The standard InChI is InChI=1S/C17H19F2N5O/c1-11-4-6-24(7-5-11)16-9-15(20-10-21-16)23-17(25)22-12-2-3-13(18)14(19)8-12/h2-3,8-11H,4-7H2,1H3,(H2,20,21,22,23,25). The summed E-state index contributed by atoms with van der Waals surface area (Å²) in [5.41, 5.74) is 0.149. The van der Waals surface area contributed by atoms with Gasteiger partial charge in [0.25, 0.3) is 0 Å². The number of hydrogen-bond acceptors (Lipinski definition) is 4. The van der Waals surface area contributed by atoms with Crippen LogP contribution in [0.4, 0.5) is 30.9 Å². The Kier molecular flexibility index (Phi) is 5.06. The largest absolute Gasteiger partial charge is 0.356 e. The third kappa shape index (κ3) is 4.40. The summed E-state index contributed by atoms with van der Waals surface area (Å²) in [6.45, 7) is 4.06. The fourth-order valence-electron chi connectivity index (χ4n) is 2.68. The zero-order valence-corrected chi connectivity index (χ0v) is 13.8. The number of carbonyl (C=O) groups is 1. The van der Waals surface area contributed by atoms with Crippen LogP contribution in [0.25, 0.3) is 0 Å². The van der Waals surface area contributed by atoms with E-state index in [-0.39, 0.29) is 5.69 Å². The molecule has 2 amide bonds. The van der Waals surface area contributed by atoms with E-state index < -0.39 is 17.7 Å². The summed E-state index contributed by atoms with van der Waals surface area (Å²) in [5.74, 6) is -0.199. The number of urea groups is 1. The van der Waals surface area contributed by atoms with E-state index in [9.17, 15) is 13.6 Å². The van der Waals surface area contributed by atoms with Crippen molar-refractivity contribution in [2.24, 2.45) is 5.92 Å². The van der Waals surface area contributed by atoms with E-state index in [0.29, 0.717) is 11.7 Å². The molecule has 3 rings (SSSR count). The Morgan fingerprint density at radius 1 is 1.12 bits per heavy atom. The van der Waals surface area contributed by atoms with Crippen LogP contribution in [0.5, 0.6) is 0 Å². The van der Waals surface area contributed by atoms with Crippen molar-refractivity contribution in [3.05, 3.63) is 42.2 Å². The van der Waals surface area contributed by atoms with Crippen LogP contribution >= 0.6 is 0 Å². The van der Waals surface area contributed by atoms with E-state index in [4.69, 9.17) is 0 Å². The molecule has 6 nitrogen and oxygen atoms in total. The van der Waals surface area contributed by atoms with Gasteiger partial charge >= 0.3 is 6.03 Å². The molecule has 1 fully saturated rings. The highest BCUT2D eigenvalue weighted by molar-refractivity contribution is 5.99. The van der Waals surface area contributed by atoms with Crippen molar-refractivity contribution >= 4 is 23.4 Å². The van der Waals surface area contributed by atoms with Gasteiger partial charge in [-0.05, 0) is 30.9 Å². The fourth-order valence-corrected chi connectivity index (χ4v) is 2.68. The van der Waals surface area contributed by atoms with Crippen LogP contribution in [-0.2, 0) is 0 Å². The lowest BCUT2D eigenvalue weighted by atomic mass is 9.99. The van der Waals surface area contributed by atoms with Gasteiger partial charge in [0.15, 0.2) is 11.6 Å². The average Bonchev–Trinajstić information content (AvgIpc) is 2.59. The van der Waals surface area contributed by atoms with Gasteiger partial charge in [0, 0.05) is 30.9 Å². The Labute approximate surface area is 144 Å². The highest BCUT2D eigenvalue weighted by Gasteiger charge is 2.17. The normalized spacial score (nSPS) is 15.1. The summed E-state index contributed by atoms with van der Waals surface area (Å²) in [7, 11) is 0. The maximum Gasteiger partial charge on any atom is 0.324 e. The lowest BCUT2D eigenvalue weighted by Crippen LogP contribution is -2.33. The van der Waals surface area contributed by atoms with Gasteiger partial charge in [0.1, 0.15) is 18.0 Å². The zero-order valence-electron chi connectivity index (χ0n) is 13.8. The Morgan fingerprint density at radius 2 is 1.88 bits per heavy atom. The van der Waals surface area contributed by atoms with E-state index >= 15 is 0 Å². The molecule has 0 unspecified atom stereocenters. The Bertz CT molecular complexity index is 762. The highest BCUT2D eigenvalue weighted by atomic mass is 19.2. The summed E-state index contributed by atoms with van der Waals surface area (Å²) in [6, 6.07) is 4.24. The summed E-state index contributed by atoms with van der Waals surface area (Å²) in [6.07, 6.45) is 3.59. The first-order chi connectivity index (χ1) is 12.0. The van der Waals surface area contributed by atoms with Crippen LogP contribution in [-0.4, -0.2) is 29.1 Å². The summed E-state index contributed by atoms with van der Waals surface area (Å²) in [4.78, 5) is 22.4. The molecule has 2 aromatic rings. The molecule has 25 heavy (non-hydrogen) atoms. The molecule has 0 radical (unpaired) electrons. The number of benzene rings is 1. The highest BCUT2D eigenvalue weighted by Crippen LogP contribution is 2.22. The monoisotopic (exact) mass is 347 g/mol. The molecule has 0 bridgehead atoms. The predicted molar refractivity (Wildman–Crippen MR) is 91.6 cm³/mol. The van der Waals surface area contributed by atoms with E-state index in [2.05, 4.69) is 32.4 Å². The molecule has 1 aliphatic rings. The van der Waals surface area contributed by atoms with Crippen molar-refractivity contribution < 1.29 is 13.6 Å². The van der Waals surface area contributed by atoms with Crippen molar-refractivity contribution in [1.82, 2.24) is 9.97 Å². The second kappa shape index (κ2) is 7.42. The molecule has 2 N–H and O–H groups in total. The zero-order chi connectivity index (χ0) is 17.8. The van der Waals surface area contributed by atoms with Gasteiger partial charge in [-0.1, -0.05) is 6.92 Å². The number of halogens is 2. The molecule has 1 saturated heterocycles. The number of anilines is 3. The van der Waals surface area contributed by atoms with Crippen molar-refractivity contribution in [2.45, 2.75) is 19.8 Å². The minimum absolute atomic E-state index is 0.149. The quantitative estimate of drug-likeness (QED) is 0.889. The van der Waals surface area contributed by atoms with Gasteiger partial charge in [-0.25, -0.2) is 23.5 Å². The molecule has 0 spiro atoms. The molecule has 2 heterocycles. The second-order valence-electron chi connectivity index (χ2n) is 6.14. The van der Waals surface area contributed by atoms with Crippen LogP contribution < -0.4 is 15.5 Å². The number of carbonyl (C=O) groups excluding carboxylic acids is 1. The van der Waals surface area contributed by atoms with Crippen molar-refractivity contribution in [3.63, 3.8) is 0 Å². The third-order valence-corrected chi connectivity index (χ3v) is 4.18. The van der Waals surface area contributed by atoms with E-state index in [1.54, 1.807) is 6.07 Å². The van der Waals surface area contributed by atoms with Crippen molar-refractivity contribution in [3.8, 4) is 0 Å². The van der Waals surface area contributed by atoms with Crippen LogP contribution in [0, 0.1) is 17.6 Å². The first-order valence-corrected chi connectivity index (χ1v) is 8.11. The number of hydrogen-bond donors (Lipinski definition) is 2. The smallest absolute Gasteiger partial charge is 0.324 e. The van der Waals surface area contributed by atoms with Gasteiger partial charge in [-0.2, -0.15) is 0 Å². The molecule has 0 aliphatic carbocycles. The molecular formula is C17H19F2N5O. The van der Waals surface area contributed by atoms with Crippen LogP contribution in [0.1, 0.15) is 19.8 Å². The molecule has 1 aromatic carbocycles. The second-order valence-corrected chi connectivity index (χ2v) is 6.14. The summed E-state index contributed by atoms with van der Waals surface area (Å²) < 4.78 is 26.1. The number of nitrogens with zero attached hydrogens (tertiary/aromatic N) is 3. The van der Waals surface area contributed by atoms with E-state index in [0.717, 1.165) is 43.9 Å². The maximum atomic E-state index is 13.2. The lowest BCUT2D eigenvalue weighted by Gasteiger charge is -2.31. The average molecular weight is 347 g/mol. The van der Waals surface area contributed by atoms with Crippen LogP contribution in [0.3, 0.4) is 0 Å². The first-order valence-electron chi connectivity index (χ1n) is 8.11. The Morgan fingerprint density at radius 3 is 2.60 bits per heavy atom. The Hall–Kier alpha value is -2.77. The number of nitrogens with one attached hydrogen (secondary N) is 2. The SMILES string of the molecule is CC1CCN(c2cc(NC(=O)Nc3ccc(F)c(F)c3)ncn2)CC1. The van der Waals surface area contributed by atoms with Crippen LogP contribution in [0.2, 0.25) is 0 Å². The molecule has 0 atom stereocenters. The van der Waals surface area contributed by atoms with Gasteiger partial charge < -0.3 is 10.2 Å². The molecule has 1 aromatic heterocycles. The molecular weight excluding hydrogens is 328 g/mol. The topological polar surface area (TPSA) is 70.2 Å². The van der Waals surface area contributed by atoms with Gasteiger partial charge in [0.05, 0.1) is 0 Å². The number of rotatable bonds is 3. The molecule has 132 valence electrons. The van der Waals surface area contributed by atoms with E-state index in [1.807, 2.05) is 0 Å². The van der Waals surface area contributed by atoms with Gasteiger partial charge in [-0.15, -0.1) is 0 Å².